The van der Waals surface area contributed by atoms with Crippen molar-refractivity contribution in [1.82, 2.24) is 5.32 Å². The Morgan fingerprint density at radius 2 is 2.12 bits per heavy atom. The molecule has 90 valence electrons. The summed E-state index contributed by atoms with van der Waals surface area (Å²) in [5.74, 6) is 0.662. The summed E-state index contributed by atoms with van der Waals surface area (Å²) in [6.45, 7) is 0. The molecule has 0 bridgehead atoms. The maximum atomic E-state index is 6.34. The van der Waals surface area contributed by atoms with E-state index in [1.54, 1.807) is 11.3 Å². The van der Waals surface area contributed by atoms with Gasteiger partial charge in [-0.15, -0.1) is 11.3 Å². The first-order chi connectivity index (χ1) is 7.70. The number of nitrogens with two attached hydrogens (primary N) is 1. The van der Waals surface area contributed by atoms with E-state index in [-0.39, 0.29) is 6.04 Å². The van der Waals surface area contributed by atoms with Crippen molar-refractivity contribution >= 4 is 27.3 Å². The van der Waals surface area contributed by atoms with Gasteiger partial charge in [0.1, 0.15) is 0 Å². The molecule has 3 N–H and O–H groups in total. The summed E-state index contributed by atoms with van der Waals surface area (Å²) in [6, 6.07) is 3.10. The van der Waals surface area contributed by atoms with Crippen molar-refractivity contribution in [2.75, 3.05) is 7.05 Å². The minimum absolute atomic E-state index is 0.231. The van der Waals surface area contributed by atoms with Gasteiger partial charge in [0.25, 0.3) is 0 Å². The number of halogens is 1. The van der Waals surface area contributed by atoms with Crippen LogP contribution in [0.2, 0.25) is 0 Å². The molecule has 1 aromatic rings. The molecule has 1 unspecified atom stereocenters. The zero-order valence-electron chi connectivity index (χ0n) is 9.58. The molecule has 0 radical (unpaired) electrons. The summed E-state index contributed by atoms with van der Waals surface area (Å²) >= 11 is 5.26. The van der Waals surface area contributed by atoms with Crippen LogP contribution in [0, 0.1) is 5.92 Å². The molecule has 0 saturated heterocycles. The fourth-order valence-electron chi connectivity index (χ4n) is 2.50. The number of hydrogen-bond acceptors (Lipinski definition) is 3. The van der Waals surface area contributed by atoms with E-state index in [2.05, 4.69) is 39.7 Å². The molecule has 1 aromatic heterocycles. The van der Waals surface area contributed by atoms with Gasteiger partial charge in [0.05, 0.1) is 0 Å². The number of thiophene rings is 1. The molecular formula is C12H19BrN2S. The van der Waals surface area contributed by atoms with E-state index in [9.17, 15) is 0 Å². The monoisotopic (exact) mass is 302 g/mol. The van der Waals surface area contributed by atoms with E-state index in [0.717, 1.165) is 4.47 Å². The van der Waals surface area contributed by atoms with Gasteiger partial charge in [-0.05, 0) is 60.6 Å². The van der Waals surface area contributed by atoms with Crippen molar-refractivity contribution in [1.29, 1.82) is 0 Å². The van der Waals surface area contributed by atoms with Gasteiger partial charge in [-0.2, -0.15) is 0 Å². The molecule has 1 saturated carbocycles. The average Bonchev–Trinajstić information content (AvgIpc) is 2.75. The van der Waals surface area contributed by atoms with Crippen LogP contribution in [0.3, 0.4) is 0 Å². The van der Waals surface area contributed by atoms with Gasteiger partial charge in [-0.25, -0.2) is 0 Å². The van der Waals surface area contributed by atoms with Gasteiger partial charge in [0.2, 0.25) is 0 Å². The number of hydrogen-bond donors (Lipinski definition) is 2. The third-order valence-electron chi connectivity index (χ3n) is 3.60. The van der Waals surface area contributed by atoms with Crippen molar-refractivity contribution < 1.29 is 0 Å². The van der Waals surface area contributed by atoms with Crippen LogP contribution in [-0.2, 0) is 0 Å². The Balaban J connectivity index is 1.93. The molecule has 2 rings (SSSR count). The summed E-state index contributed by atoms with van der Waals surface area (Å²) in [4.78, 5) is 1.32. The minimum Gasteiger partial charge on any atom is -0.323 e. The Bertz CT molecular complexity index is 332. The highest BCUT2D eigenvalue weighted by atomic mass is 79.9. The van der Waals surface area contributed by atoms with E-state index in [4.69, 9.17) is 5.73 Å². The first kappa shape index (κ1) is 12.6. The maximum absolute atomic E-state index is 6.34. The maximum Gasteiger partial charge on any atom is 0.0418 e. The van der Waals surface area contributed by atoms with Crippen LogP contribution < -0.4 is 11.1 Å². The summed E-state index contributed by atoms with van der Waals surface area (Å²) < 4.78 is 1.16. The molecule has 0 aliphatic heterocycles. The molecule has 0 spiro atoms. The summed E-state index contributed by atoms with van der Waals surface area (Å²) in [5.41, 5.74) is 6.34. The van der Waals surface area contributed by atoms with Gasteiger partial charge < -0.3 is 11.1 Å². The zero-order chi connectivity index (χ0) is 11.5. The van der Waals surface area contributed by atoms with Crippen LogP contribution in [-0.4, -0.2) is 13.1 Å². The lowest BCUT2D eigenvalue weighted by molar-refractivity contribution is 0.268. The normalized spacial score (nSPS) is 27.9. The Morgan fingerprint density at radius 3 is 2.62 bits per heavy atom. The summed E-state index contributed by atoms with van der Waals surface area (Å²) in [5, 5.41) is 5.48. The predicted octanol–water partition coefficient (Wildman–Crippen LogP) is 3.29. The Kier molecular flexibility index (Phi) is 4.41. The number of rotatable bonds is 3. The number of nitrogens with one attached hydrogen (secondary N) is 1. The Hall–Kier alpha value is 0.1000. The van der Waals surface area contributed by atoms with Crippen molar-refractivity contribution in [2.24, 2.45) is 11.7 Å². The highest BCUT2D eigenvalue weighted by Crippen LogP contribution is 2.36. The molecule has 1 fully saturated rings. The lowest BCUT2D eigenvalue weighted by atomic mass is 9.81. The van der Waals surface area contributed by atoms with Crippen molar-refractivity contribution in [3.8, 4) is 0 Å². The second-order valence-corrected chi connectivity index (χ2v) is 6.45. The fourth-order valence-corrected chi connectivity index (χ4v) is 4.04. The van der Waals surface area contributed by atoms with Crippen molar-refractivity contribution in [3.63, 3.8) is 0 Å². The lowest BCUT2D eigenvalue weighted by Crippen LogP contribution is -2.33. The molecule has 0 aromatic carbocycles. The molecule has 1 aliphatic carbocycles. The van der Waals surface area contributed by atoms with Crippen LogP contribution in [0.4, 0.5) is 0 Å². The molecule has 1 heterocycles. The highest BCUT2D eigenvalue weighted by Gasteiger charge is 2.26. The largest absolute Gasteiger partial charge is 0.323 e. The zero-order valence-corrected chi connectivity index (χ0v) is 12.0. The molecule has 0 amide bonds. The standard InChI is InChI=1S/C12H19BrN2S/c1-15-10-4-2-8(3-5-10)12(14)11-6-9(13)7-16-11/h6-8,10,12,15H,2-5,14H2,1H3. The van der Waals surface area contributed by atoms with Gasteiger partial charge >= 0.3 is 0 Å². The summed E-state index contributed by atoms with van der Waals surface area (Å²) in [6.07, 6.45) is 5.03. The predicted molar refractivity (Wildman–Crippen MR) is 73.8 cm³/mol. The Labute approximate surface area is 110 Å². The van der Waals surface area contributed by atoms with Crippen molar-refractivity contribution in [2.45, 2.75) is 37.8 Å². The minimum atomic E-state index is 0.231. The second kappa shape index (κ2) is 5.63. The van der Waals surface area contributed by atoms with E-state index >= 15 is 0 Å². The van der Waals surface area contributed by atoms with Crippen LogP contribution in [0.25, 0.3) is 0 Å². The first-order valence-corrected chi connectivity index (χ1v) is 7.54. The third kappa shape index (κ3) is 2.86. The van der Waals surface area contributed by atoms with Crippen molar-refractivity contribution in [3.05, 3.63) is 20.8 Å². The molecule has 1 atom stereocenters. The molecule has 16 heavy (non-hydrogen) atoms. The van der Waals surface area contributed by atoms with Gasteiger partial charge in [0, 0.05) is 26.8 Å². The van der Waals surface area contributed by atoms with E-state index in [1.807, 2.05) is 0 Å². The van der Waals surface area contributed by atoms with E-state index in [0.29, 0.717) is 12.0 Å². The van der Waals surface area contributed by atoms with E-state index < -0.39 is 0 Å². The summed E-state index contributed by atoms with van der Waals surface area (Å²) in [7, 11) is 2.06. The third-order valence-corrected chi connectivity index (χ3v) is 5.40. The molecule has 1 aliphatic rings. The second-order valence-electron chi connectivity index (χ2n) is 4.59. The van der Waals surface area contributed by atoms with E-state index in [1.165, 1.54) is 30.6 Å². The topological polar surface area (TPSA) is 38.0 Å². The fraction of sp³-hybridized carbons (Fsp3) is 0.667. The Morgan fingerprint density at radius 1 is 1.44 bits per heavy atom. The average molecular weight is 303 g/mol. The van der Waals surface area contributed by atoms with Gasteiger partial charge in [-0.1, -0.05) is 0 Å². The van der Waals surface area contributed by atoms with Gasteiger partial charge in [-0.3, -0.25) is 0 Å². The highest BCUT2D eigenvalue weighted by molar-refractivity contribution is 9.10. The van der Waals surface area contributed by atoms with Crippen LogP contribution >= 0.6 is 27.3 Å². The SMILES string of the molecule is CNC1CCC(C(N)c2cc(Br)cs2)CC1. The van der Waals surface area contributed by atoms with Gasteiger partial charge in [0.15, 0.2) is 0 Å². The molecule has 2 nitrogen and oxygen atoms in total. The van der Waals surface area contributed by atoms with Crippen LogP contribution in [0.5, 0.6) is 0 Å². The first-order valence-electron chi connectivity index (χ1n) is 5.87. The van der Waals surface area contributed by atoms with Crippen LogP contribution in [0.15, 0.2) is 15.9 Å². The van der Waals surface area contributed by atoms with Crippen LogP contribution in [0.1, 0.15) is 36.6 Å². The molecule has 4 heteroatoms. The quantitative estimate of drug-likeness (QED) is 0.899. The smallest absolute Gasteiger partial charge is 0.0418 e. The lowest BCUT2D eigenvalue weighted by Gasteiger charge is -2.31. The molecular weight excluding hydrogens is 284 g/mol.